The molecule has 0 aliphatic carbocycles. The van der Waals surface area contributed by atoms with Crippen molar-refractivity contribution in [1.29, 1.82) is 0 Å². The van der Waals surface area contributed by atoms with E-state index in [4.69, 9.17) is 9.52 Å². The SMILES string of the molecule is Cc1cc(C=Nc2ccc(O)c(C(=O)O)c2)c(C)o1. The van der Waals surface area contributed by atoms with Crippen LogP contribution >= 0.6 is 0 Å². The quantitative estimate of drug-likeness (QED) is 0.830. The Balaban J connectivity index is 2.31. The van der Waals surface area contributed by atoms with E-state index in [9.17, 15) is 9.90 Å². The number of furan rings is 1. The van der Waals surface area contributed by atoms with E-state index in [2.05, 4.69) is 4.99 Å². The van der Waals surface area contributed by atoms with Crippen LogP contribution in [0.1, 0.15) is 27.4 Å². The van der Waals surface area contributed by atoms with Crippen LogP contribution in [0.5, 0.6) is 5.75 Å². The van der Waals surface area contributed by atoms with Gasteiger partial charge < -0.3 is 14.6 Å². The van der Waals surface area contributed by atoms with Gasteiger partial charge in [-0.05, 0) is 38.1 Å². The van der Waals surface area contributed by atoms with Crippen LogP contribution < -0.4 is 0 Å². The largest absolute Gasteiger partial charge is 0.507 e. The van der Waals surface area contributed by atoms with Crippen LogP contribution in [-0.2, 0) is 0 Å². The minimum Gasteiger partial charge on any atom is -0.507 e. The molecule has 0 radical (unpaired) electrons. The molecule has 0 aliphatic rings. The number of benzene rings is 1. The van der Waals surface area contributed by atoms with Crippen LogP contribution in [0.25, 0.3) is 0 Å². The van der Waals surface area contributed by atoms with Gasteiger partial charge in [-0.1, -0.05) is 0 Å². The fourth-order valence-corrected chi connectivity index (χ4v) is 1.70. The number of aromatic hydroxyl groups is 1. The van der Waals surface area contributed by atoms with Crippen molar-refractivity contribution in [1.82, 2.24) is 0 Å². The Kier molecular flexibility index (Phi) is 3.37. The van der Waals surface area contributed by atoms with Gasteiger partial charge in [0.2, 0.25) is 0 Å². The van der Waals surface area contributed by atoms with Gasteiger partial charge in [0.25, 0.3) is 0 Å². The van der Waals surface area contributed by atoms with E-state index in [1.807, 2.05) is 19.9 Å². The smallest absolute Gasteiger partial charge is 0.339 e. The fourth-order valence-electron chi connectivity index (χ4n) is 1.70. The number of aromatic carboxylic acids is 1. The normalized spacial score (nSPS) is 11.1. The third-order valence-corrected chi connectivity index (χ3v) is 2.64. The van der Waals surface area contributed by atoms with Gasteiger partial charge in [0.15, 0.2) is 0 Å². The Labute approximate surface area is 109 Å². The van der Waals surface area contributed by atoms with Gasteiger partial charge in [-0.3, -0.25) is 4.99 Å². The first kappa shape index (κ1) is 12.9. The van der Waals surface area contributed by atoms with Crippen LogP contribution in [0.2, 0.25) is 0 Å². The Bertz CT molecular complexity index is 655. The standard InChI is InChI=1S/C14H13NO4/c1-8-5-10(9(2)19-8)7-15-11-3-4-13(16)12(6-11)14(17)18/h3-7,16H,1-2H3,(H,17,18). The summed E-state index contributed by atoms with van der Waals surface area (Å²) in [5, 5.41) is 18.3. The lowest BCUT2D eigenvalue weighted by Crippen LogP contribution is -1.95. The minimum atomic E-state index is -1.19. The molecule has 0 aliphatic heterocycles. The molecule has 2 aromatic rings. The summed E-state index contributed by atoms with van der Waals surface area (Å²) in [5.74, 6) is 0.0704. The van der Waals surface area contributed by atoms with E-state index in [0.717, 1.165) is 17.1 Å². The van der Waals surface area contributed by atoms with Crippen LogP contribution in [0, 0.1) is 13.8 Å². The van der Waals surface area contributed by atoms with Crippen molar-refractivity contribution < 1.29 is 19.4 Å². The monoisotopic (exact) mass is 259 g/mol. The highest BCUT2D eigenvalue weighted by atomic mass is 16.4. The third kappa shape index (κ3) is 2.82. The zero-order valence-corrected chi connectivity index (χ0v) is 10.5. The molecule has 0 atom stereocenters. The maximum atomic E-state index is 10.9. The number of hydrogen-bond donors (Lipinski definition) is 2. The molecule has 5 nitrogen and oxygen atoms in total. The van der Waals surface area contributed by atoms with Gasteiger partial charge in [0.1, 0.15) is 22.8 Å². The van der Waals surface area contributed by atoms with E-state index in [1.54, 1.807) is 12.3 Å². The molecule has 0 spiro atoms. The fraction of sp³-hybridized carbons (Fsp3) is 0.143. The second-order valence-corrected chi connectivity index (χ2v) is 4.13. The molecule has 0 bridgehead atoms. The molecule has 5 heteroatoms. The maximum absolute atomic E-state index is 10.9. The number of phenols is 1. The predicted octanol–water partition coefficient (Wildman–Crippen LogP) is 3.05. The van der Waals surface area contributed by atoms with E-state index in [1.165, 1.54) is 12.1 Å². The highest BCUT2D eigenvalue weighted by Crippen LogP contribution is 2.23. The first-order valence-electron chi connectivity index (χ1n) is 5.65. The minimum absolute atomic E-state index is 0.172. The van der Waals surface area contributed by atoms with Crippen LogP contribution in [-0.4, -0.2) is 22.4 Å². The number of rotatable bonds is 3. The number of aliphatic imine (C=N–C) groups is 1. The van der Waals surface area contributed by atoms with Crippen molar-refractivity contribution in [3.05, 3.63) is 46.9 Å². The van der Waals surface area contributed by atoms with Gasteiger partial charge in [0, 0.05) is 11.8 Å². The molecule has 0 amide bonds. The van der Waals surface area contributed by atoms with Gasteiger partial charge in [-0.15, -0.1) is 0 Å². The van der Waals surface area contributed by atoms with E-state index < -0.39 is 5.97 Å². The zero-order chi connectivity index (χ0) is 14.0. The first-order chi connectivity index (χ1) is 8.97. The van der Waals surface area contributed by atoms with Gasteiger partial charge in [0.05, 0.1) is 5.69 Å². The van der Waals surface area contributed by atoms with Crippen molar-refractivity contribution in [2.24, 2.45) is 4.99 Å². The molecule has 0 saturated heterocycles. The van der Waals surface area contributed by atoms with Crippen LogP contribution in [0.4, 0.5) is 5.69 Å². The molecule has 0 saturated carbocycles. The van der Waals surface area contributed by atoms with Crippen molar-refractivity contribution in [2.75, 3.05) is 0 Å². The lowest BCUT2D eigenvalue weighted by molar-refractivity contribution is 0.0694. The summed E-state index contributed by atoms with van der Waals surface area (Å²) in [6.45, 7) is 3.67. The Morgan fingerprint density at radius 3 is 2.63 bits per heavy atom. The summed E-state index contributed by atoms with van der Waals surface area (Å²) in [7, 11) is 0. The van der Waals surface area contributed by atoms with Crippen molar-refractivity contribution in [3.63, 3.8) is 0 Å². The Hall–Kier alpha value is -2.56. The summed E-state index contributed by atoms with van der Waals surface area (Å²) in [6.07, 6.45) is 1.60. The third-order valence-electron chi connectivity index (χ3n) is 2.64. The number of carbonyl (C=O) groups is 1. The number of nitrogens with zero attached hydrogens (tertiary/aromatic N) is 1. The van der Waals surface area contributed by atoms with Crippen molar-refractivity contribution in [3.8, 4) is 5.75 Å². The Morgan fingerprint density at radius 1 is 1.32 bits per heavy atom. The molecule has 98 valence electrons. The predicted molar refractivity (Wildman–Crippen MR) is 70.5 cm³/mol. The molecule has 2 N–H and O–H groups in total. The molecule has 1 aromatic heterocycles. The van der Waals surface area contributed by atoms with Crippen molar-refractivity contribution in [2.45, 2.75) is 13.8 Å². The average Bonchev–Trinajstić information content (AvgIpc) is 2.66. The second kappa shape index (κ2) is 4.97. The summed E-state index contributed by atoms with van der Waals surface area (Å²) in [5.41, 5.74) is 1.12. The molecular formula is C14H13NO4. The van der Waals surface area contributed by atoms with Crippen molar-refractivity contribution >= 4 is 17.9 Å². The average molecular weight is 259 g/mol. The summed E-state index contributed by atoms with van der Waals surface area (Å²) in [4.78, 5) is 15.1. The zero-order valence-electron chi connectivity index (χ0n) is 10.5. The highest BCUT2D eigenvalue weighted by Gasteiger charge is 2.09. The number of aryl methyl sites for hydroxylation is 2. The number of carboxylic acid groups (broad SMARTS) is 1. The number of carboxylic acids is 1. The second-order valence-electron chi connectivity index (χ2n) is 4.13. The summed E-state index contributed by atoms with van der Waals surface area (Å²) < 4.78 is 5.36. The lowest BCUT2D eigenvalue weighted by atomic mass is 10.2. The number of hydrogen-bond acceptors (Lipinski definition) is 4. The molecule has 1 aromatic carbocycles. The van der Waals surface area contributed by atoms with Gasteiger partial charge in [-0.2, -0.15) is 0 Å². The molecule has 1 heterocycles. The maximum Gasteiger partial charge on any atom is 0.339 e. The molecule has 0 fully saturated rings. The topological polar surface area (TPSA) is 83.0 Å². The first-order valence-corrected chi connectivity index (χ1v) is 5.65. The van der Waals surface area contributed by atoms with Crippen LogP contribution in [0.3, 0.4) is 0 Å². The van der Waals surface area contributed by atoms with Crippen LogP contribution in [0.15, 0.2) is 33.7 Å². The molecular weight excluding hydrogens is 246 g/mol. The lowest BCUT2D eigenvalue weighted by Gasteiger charge is -2.00. The Morgan fingerprint density at radius 2 is 2.05 bits per heavy atom. The highest BCUT2D eigenvalue weighted by molar-refractivity contribution is 5.92. The summed E-state index contributed by atoms with van der Waals surface area (Å²) in [6, 6.07) is 6.01. The van der Waals surface area contributed by atoms with E-state index in [0.29, 0.717) is 5.69 Å². The van der Waals surface area contributed by atoms with E-state index in [-0.39, 0.29) is 11.3 Å². The molecule has 2 rings (SSSR count). The summed E-state index contributed by atoms with van der Waals surface area (Å²) >= 11 is 0. The molecule has 19 heavy (non-hydrogen) atoms. The molecule has 0 unspecified atom stereocenters. The van der Waals surface area contributed by atoms with Gasteiger partial charge in [-0.25, -0.2) is 4.79 Å². The van der Waals surface area contributed by atoms with Gasteiger partial charge >= 0.3 is 5.97 Å². The van der Waals surface area contributed by atoms with E-state index >= 15 is 0 Å².